The Morgan fingerprint density at radius 1 is 1.20 bits per heavy atom. The molecule has 5 nitrogen and oxygen atoms in total. The first-order valence-electron chi connectivity index (χ1n) is 9.10. The van der Waals surface area contributed by atoms with Crippen LogP contribution >= 0.6 is 0 Å². The number of carbonyl (C=O) groups is 1. The van der Waals surface area contributed by atoms with Crippen LogP contribution in [-0.2, 0) is 0 Å². The van der Waals surface area contributed by atoms with Crippen molar-refractivity contribution < 1.29 is 4.79 Å². The molecule has 1 fully saturated rings. The van der Waals surface area contributed by atoms with Crippen molar-refractivity contribution in [3.8, 4) is 11.4 Å². The fourth-order valence-corrected chi connectivity index (χ4v) is 3.72. The minimum absolute atomic E-state index is 0.0415. The van der Waals surface area contributed by atoms with E-state index in [0.29, 0.717) is 11.6 Å². The van der Waals surface area contributed by atoms with E-state index in [4.69, 9.17) is 5.10 Å². The molecule has 1 aliphatic carbocycles. The summed E-state index contributed by atoms with van der Waals surface area (Å²) in [5.74, 6) is -0.0415. The lowest BCUT2D eigenvalue weighted by molar-refractivity contribution is 0.0945. The van der Waals surface area contributed by atoms with E-state index in [0.717, 1.165) is 16.9 Å². The Hall–Kier alpha value is -2.56. The Kier molecular flexibility index (Phi) is 4.07. The van der Waals surface area contributed by atoms with Gasteiger partial charge in [0, 0.05) is 18.4 Å². The average Bonchev–Trinajstić information content (AvgIpc) is 3.32. The summed E-state index contributed by atoms with van der Waals surface area (Å²) in [7, 11) is 0. The first-order valence-corrected chi connectivity index (χ1v) is 9.10. The zero-order valence-electron chi connectivity index (χ0n) is 14.8. The van der Waals surface area contributed by atoms with Gasteiger partial charge in [-0.2, -0.15) is 5.10 Å². The second-order valence-corrected chi connectivity index (χ2v) is 7.15. The molecule has 0 bridgehead atoms. The number of hydrogen-bond donors (Lipinski definition) is 1. The molecule has 3 heterocycles. The molecule has 5 heteroatoms. The van der Waals surface area contributed by atoms with Crippen molar-refractivity contribution in [2.24, 2.45) is 0 Å². The van der Waals surface area contributed by atoms with Crippen LogP contribution in [0.4, 0.5) is 0 Å². The SMILES string of the molecule is CC(C)NC(=O)c1cc(-c2ccn(C3CCCC3)n2)n2ccccc12. The number of rotatable bonds is 4. The molecule has 0 aliphatic heterocycles. The molecule has 3 aromatic heterocycles. The first-order chi connectivity index (χ1) is 12.1. The summed E-state index contributed by atoms with van der Waals surface area (Å²) >= 11 is 0. The number of fused-ring (bicyclic) bond motifs is 1. The Labute approximate surface area is 147 Å². The van der Waals surface area contributed by atoms with Crippen molar-refractivity contribution >= 4 is 11.4 Å². The third kappa shape index (κ3) is 2.95. The normalized spacial score (nSPS) is 15.3. The Morgan fingerprint density at radius 3 is 2.76 bits per heavy atom. The van der Waals surface area contributed by atoms with E-state index >= 15 is 0 Å². The Bertz CT molecular complexity index is 899. The number of carbonyl (C=O) groups excluding carboxylic acids is 1. The molecule has 25 heavy (non-hydrogen) atoms. The minimum Gasteiger partial charge on any atom is -0.350 e. The fourth-order valence-electron chi connectivity index (χ4n) is 3.72. The van der Waals surface area contributed by atoms with Crippen LogP contribution < -0.4 is 5.32 Å². The zero-order valence-corrected chi connectivity index (χ0v) is 14.8. The maximum absolute atomic E-state index is 12.6. The maximum atomic E-state index is 12.6. The van der Waals surface area contributed by atoms with Crippen molar-refractivity contribution in [3.05, 3.63) is 48.3 Å². The highest BCUT2D eigenvalue weighted by Crippen LogP contribution is 2.31. The van der Waals surface area contributed by atoms with E-state index < -0.39 is 0 Å². The summed E-state index contributed by atoms with van der Waals surface area (Å²) in [4.78, 5) is 12.6. The van der Waals surface area contributed by atoms with Crippen LogP contribution in [0.1, 0.15) is 55.9 Å². The van der Waals surface area contributed by atoms with Crippen molar-refractivity contribution in [1.82, 2.24) is 19.5 Å². The monoisotopic (exact) mass is 336 g/mol. The molecular formula is C20H24N4O. The van der Waals surface area contributed by atoms with Gasteiger partial charge in [-0.3, -0.25) is 9.48 Å². The van der Waals surface area contributed by atoms with Gasteiger partial charge in [0.15, 0.2) is 0 Å². The molecule has 0 radical (unpaired) electrons. The van der Waals surface area contributed by atoms with Crippen LogP contribution in [0, 0.1) is 0 Å². The topological polar surface area (TPSA) is 51.3 Å². The lowest BCUT2D eigenvalue weighted by Gasteiger charge is -2.08. The predicted octanol–water partition coefficient (Wildman–Crippen LogP) is 4.06. The zero-order chi connectivity index (χ0) is 17.4. The van der Waals surface area contributed by atoms with Crippen LogP contribution in [0.15, 0.2) is 42.7 Å². The predicted molar refractivity (Wildman–Crippen MR) is 98.7 cm³/mol. The lowest BCUT2D eigenvalue weighted by Crippen LogP contribution is -2.29. The van der Waals surface area contributed by atoms with Crippen LogP contribution in [0.25, 0.3) is 16.9 Å². The van der Waals surface area contributed by atoms with E-state index in [1.807, 2.05) is 44.3 Å². The number of hydrogen-bond acceptors (Lipinski definition) is 2. The molecule has 0 aromatic carbocycles. The molecule has 1 saturated carbocycles. The van der Waals surface area contributed by atoms with Gasteiger partial charge in [-0.15, -0.1) is 0 Å². The lowest BCUT2D eigenvalue weighted by atomic mass is 10.2. The molecule has 0 spiro atoms. The Balaban J connectivity index is 1.76. The van der Waals surface area contributed by atoms with Crippen LogP contribution in [0.3, 0.4) is 0 Å². The summed E-state index contributed by atoms with van der Waals surface area (Å²) in [6.45, 7) is 3.95. The van der Waals surface area contributed by atoms with Gasteiger partial charge in [0.1, 0.15) is 5.69 Å². The third-order valence-electron chi connectivity index (χ3n) is 4.91. The van der Waals surface area contributed by atoms with Gasteiger partial charge in [0.2, 0.25) is 0 Å². The summed E-state index contributed by atoms with van der Waals surface area (Å²) < 4.78 is 4.15. The summed E-state index contributed by atoms with van der Waals surface area (Å²) in [6, 6.07) is 10.6. The van der Waals surface area contributed by atoms with Crippen LogP contribution in [0.2, 0.25) is 0 Å². The second kappa shape index (κ2) is 6.39. The van der Waals surface area contributed by atoms with Gasteiger partial charge < -0.3 is 9.72 Å². The highest BCUT2D eigenvalue weighted by molar-refractivity contribution is 6.02. The van der Waals surface area contributed by atoms with E-state index in [-0.39, 0.29) is 11.9 Å². The third-order valence-corrected chi connectivity index (χ3v) is 4.91. The molecule has 0 unspecified atom stereocenters. The Morgan fingerprint density at radius 2 is 2.00 bits per heavy atom. The molecule has 3 aromatic rings. The van der Waals surface area contributed by atoms with Crippen molar-refractivity contribution in [3.63, 3.8) is 0 Å². The van der Waals surface area contributed by atoms with E-state index in [1.54, 1.807) is 0 Å². The number of aromatic nitrogens is 3. The number of amides is 1. The molecule has 4 rings (SSSR count). The van der Waals surface area contributed by atoms with E-state index in [9.17, 15) is 4.79 Å². The summed E-state index contributed by atoms with van der Waals surface area (Å²) in [6.07, 6.45) is 9.05. The quantitative estimate of drug-likeness (QED) is 0.781. The number of nitrogens with one attached hydrogen (secondary N) is 1. The summed E-state index contributed by atoms with van der Waals surface area (Å²) in [5, 5.41) is 7.80. The smallest absolute Gasteiger partial charge is 0.253 e. The van der Waals surface area contributed by atoms with Gasteiger partial charge in [-0.05, 0) is 51.0 Å². The van der Waals surface area contributed by atoms with Gasteiger partial charge in [-0.1, -0.05) is 18.9 Å². The van der Waals surface area contributed by atoms with Crippen molar-refractivity contribution in [2.75, 3.05) is 0 Å². The molecule has 0 atom stereocenters. The number of nitrogens with zero attached hydrogens (tertiary/aromatic N) is 3. The summed E-state index contributed by atoms with van der Waals surface area (Å²) in [5.41, 5.74) is 3.48. The van der Waals surface area contributed by atoms with Crippen LogP contribution in [-0.4, -0.2) is 26.1 Å². The van der Waals surface area contributed by atoms with Gasteiger partial charge in [0.05, 0.1) is 22.8 Å². The standard InChI is InChI=1S/C20H24N4O/c1-14(2)21-20(25)16-13-19(23-11-6-5-9-18(16)23)17-10-12-24(22-17)15-7-3-4-8-15/h5-6,9-15H,3-4,7-8H2,1-2H3,(H,21,25). The number of pyridine rings is 1. The molecule has 0 saturated heterocycles. The average molecular weight is 336 g/mol. The van der Waals surface area contributed by atoms with E-state index in [1.165, 1.54) is 25.7 Å². The van der Waals surface area contributed by atoms with Crippen molar-refractivity contribution in [1.29, 1.82) is 0 Å². The first kappa shape index (κ1) is 15.9. The van der Waals surface area contributed by atoms with E-state index in [2.05, 4.69) is 26.7 Å². The molecule has 1 amide bonds. The molecule has 130 valence electrons. The van der Waals surface area contributed by atoms with Gasteiger partial charge in [0.25, 0.3) is 5.91 Å². The second-order valence-electron chi connectivity index (χ2n) is 7.15. The molecule has 1 aliphatic rings. The molecule has 1 N–H and O–H groups in total. The highest BCUT2D eigenvalue weighted by atomic mass is 16.1. The van der Waals surface area contributed by atoms with Crippen LogP contribution in [0.5, 0.6) is 0 Å². The molecular weight excluding hydrogens is 312 g/mol. The largest absolute Gasteiger partial charge is 0.350 e. The highest BCUT2D eigenvalue weighted by Gasteiger charge is 2.21. The maximum Gasteiger partial charge on any atom is 0.253 e. The van der Waals surface area contributed by atoms with Gasteiger partial charge >= 0.3 is 0 Å². The van der Waals surface area contributed by atoms with Crippen molar-refractivity contribution in [2.45, 2.75) is 51.6 Å². The fraction of sp³-hybridized carbons (Fsp3) is 0.400. The minimum atomic E-state index is -0.0415. The van der Waals surface area contributed by atoms with Gasteiger partial charge in [-0.25, -0.2) is 0 Å².